The second-order valence-electron chi connectivity index (χ2n) is 6.53. The van der Waals surface area contributed by atoms with Crippen LogP contribution in [0.3, 0.4) is 0 Å². The van der Waals surface area contributed by atoms with Gasteiger partial charge in [-0.2, -0.15) is 4.98 Å². The van der Waals surface area contributed by atoms with Crippen LogP contribution in [0, 0.1) is 26.7 Å². The van der Waals surface area contributed by atoms with Gasteiger partial charge in [0.1, 0.15) is 6.10 Å². The van der Waals surface area contributed by atoms with Crippen molar-refractivity contribution >= 4 is 5.91 Å². The van der Waals surface area contributed by atoms with Crippen molar-refractivity contribution in [3.05, 3.63) is 34.7 Å². The largest absolute Gasteiger partial charge is 0.365 e. The Morgan fingerprint density at radius 3 is 2.78 bits per heavy atom. The third-order valence-electron chi connectivity index (χ3n) is 4.74. The molecule has 2 aromatic rings. The van der Waals surface area contributed by atoms with E-state index in [0.29, 0.717) is 24.2 Å². The van der Waals surface area contributed by atoms with Crippen molar-refractivity contribution in [1.29, 1.82) is 0 Å². The van der Waals surface area contributed by atoms with Crippen molar-refractivity contribution in [3.8, 4) is 0 Å². The quantitative estimate of drug-likeness (QED) is 0.915. The molecule has 2 aliphatic heterocycles. The van der Waals surface area contributed by atoms with E-state index in [1.807, 2.05) is 24.8 Å². The number of aryl methyl sites for hydroxylation is 3. The standard InChI is InChI=1S/C16H20N4O3/c1-8-4-12(9(2)17-8)16(21)20-6-11-5-13(22-14(11)7-20)15-18-10(3)23-19-15/h4,11,13-14,17H,5-7H2,1-3H3/t11-,13-,14+/m0/s1. The van der Waals surface area contributed by atoms with Crippen LogP contribution in [0.1, 0.15) is 46.0 Å². The van der Waals surface area contributed by atoms with Gasteiger partial charge in [-0.1, -0.05) is 5.16 Å². The summed E-state index contributed by atoms with van der Waals surface area (Å²) in [5.41, 5.74) is 2.69. The van der Waals surface area contributed by atoms with Crippen LogP contribution in [0.25, 0.3) is 0 Å². The fourth-order valence-electron chi connectivity index (χ4n) is 3.66. The number of nitrogens with zero attached hydrogens (tertiary/aromatic N) is 3. The third kappa shape index (κ3) is 2.45. The molecule has 7 nitrogen and oxygen atoms in total. The van der Waals surface area contributed by atoms with E-state index in [1.54, 1.807) is 6.92 Å². The third-order valence-corrected chi connectivity index (χ3v) is 4.74. The second-order valence-corrected chi connectivity index (χ2v) is 6.53. The van der Waals surface area contributed by atoms with Crippen LogP contribution >= 0.6 is 0 Å². The molecule has 0 aliphatic carbocycles. The van der Waals surface area contributed by atoms with E-state index in [2.05, 4.69) is 15.1 Å². The highest BCUT2D eigenvalue weighted by molar-refractivity contribution is 5.95. The number of amides is 1. The molecule has 4 heterocycles. The lowest BCUT2D eigenvalue weighted by atomic mass is 10.0. The van der Waals surface area contributed by atoms with Crippen molar-refractivity contribution in [2.75, 3.05) is 13.1 Å². The van der Waals surface area contributed by atoms with Gasteiger partial charge in [-0.15, -0.1) is 0 Å². The van der Waals surface area contributed by atoms with Crippen molar-refractivity contribution in [2.24, 2.45) is 5.92 Å². The fraction of sp³-hybridized carbons (Fsp3) is 0.562. The normalized spacial score (nSPS) is 26.7. The first-order chi connectivity index (χ1) is 11.0. The number of H-pyrrole nitrogens is 1. The number of hydrogen-bond donors (Lipinski definition) is 1. The lowest BCUT2D eigenvalue weighted by Crippen LogP contribution is -2.31. The predicted octanol–water partition coefficient (Wildman–Crippen LogP) is 1.93. The summed E-state index contributed by atoms with van der Waals surface area (Å²) in [5, 5.41) is 3.95. The smallest absolute Gasteiger partial charge is 0.255 e. The van der Waals surface area contributed by atoms with Crippen LogP contribution in [0.15, 0.2) is 10.6 Å². The van der Waals surface area contributed by atoms with Crippen molar-refractivity contribution in [3.63, 3.8) is 0 Å². The van der Waals surface area contributed by atoms with E-state index in [4.69, 9.17) is 9.26 Å². The molecule has 0 saturated carbocycles. The van der Waals surface area contributed by atoms with Gasteiger partial charge in [0.05, 0.1) is 11.7 Å². The molecule has 23 heavy (non-hydrogen) atoms. The Balaban J connectivity index is 1.44. The zero-order chi connectivity index (χ0) is 16.1. The van der Waals surface area contributed by atoms with Gasteiger partial charge >= 0.3 is 0 Å². The average molecular weight is 316 g/mol. The first-order valence-electron chi connectivity index (χ1n) is 7.92. The highest BCUT2D eigenvalue weighted by Crippen LogP contribution is 2.40. The van der Waals surface area contributed by atoms with Gasteiger partial charge in [0.25, 0.3) is 5.91 Å². The Bertz CT molecular complexity index is 736. The van der Waals surface area contributed by atoms with E-state index in [1.165, 1.54) is 0 Å². The van der Waals surface area contributed by atoms with Crippen LogP contribution in [0.5, 0.6) is 0 Å². The van der Waals surface area contributed by atoms with Crippen molar-refractivity contribution in [1.82, 2.24) is 20.0 Å². The van der Waals surface area contributed by atoms with Crippen LogP contribution in [-0.2, 0) is 4.74 Å². The summed E-state index contributed by atoms with van der Waals surface area (Å²) >= 11 is 0. The summed E-state index contributed by atoms with van der Waals surface area (Å²) in [6, 6.07) is 1.91. The highest BCUT2D eigenvalue weighted by atomic mass is 16.5. The van der Waals surface area contributed by atoms with E-state index in [9.17, 15) is 4.79 Å². The molecule has 2 aliphatic rings. The van der Waals surface area contributed by atoms with E-state index < -0.39 is 0 Å². The summed E-state index contributed by atoms with van der Waals surface area (Å²) in [6.07, 6.45) is 0.775. The number of likely N-dealkylation sites (tertiary alicyclic amines) is 1. The van der Waals surface area contributed by atoms with Gasteiger partial charge < -0.3 is 19.1 Å². The second kappa shape index (κ2) is 5.19. The zero-order valence-corrected chi connectivity index (χ0v) is 13.5. The molecule has 2 saturated heterocycles. The molecule has 0 unspecified atom stereocenters. The average Bonchev–Trinajstić information content (AvgIpc) is 3.20. The van der Waals surface area contributed by atoms with Crippen LogP contribution in [0.4, 0.5) is 0 Å². The van der Waals surface area contributed by atoms with Crippen molar-refractivity contribution < 1.29 is 14.1 Å². The molecule has 0 bridgehead atoms. The van der Waals surface area contributed by atoms with Crippen LogP contribution in [0.2, 0.25) is 0 Å². The number of carbonyl (C=O) groups excluding carboxylic acids is 1. The maximum atomic E-state index is 12.7. The van der Waals surface area contributed by atoms with Gasteiger partial charge in [-0.25, -0.2) is 0 Å². The molecule has 4 rings (SSSR count). The summed E-state index contributed by atoms with van der Waals surface area (Å²) in [7, 11) is 0. The number of rotatable bonds is 2. The van der Waals surface area contributed by atoms with E-state index in [-0.39, 0.29) is 18.1 Å². The molecule has 0 spiro atoms. The number of carbonyl (C=O) groups is 1. The molecule has 7 heteroatoms. The molecule has 1 amide bonds. The fourth-order valence-corrected chi connectivity index (χ4v) is 3.66. The minimum atomic E-state index is -0.115. The summed E-state index contributed by atoms with van der Waals surface area (Å²) in [6.45, 7) is 7.01. The predicted molar refractivity (Wildman–Crippen MR) is 80.9 cm³/mol. The Hall–Kier alpha value is -2.15. The van der Waals surface area contributed by atoms with Gasteiger partial charge in [0, 0.05) is 37.3 Å². The molecule has 2 aromatic heterocycles. The van der Waals surface area contributed by atoms with E-state index >= 15 is 0 Å². The van der Waals surface area contributed by atoms with E-state index in [0.717, 1.165) is 29.9 Å². The first kappa shape index (κ1) is 14.4. The number of aromatic nitrogens is 3. The lowest BCUT2D eigenvalue weighted by molar-refractivity contribution is 0.0304. The maximum Gasteiger partial charge on any atom is 0.255 e. The SMILES string of the molecule is Cc1cc(C(=O)N2C[C@@H]3C[C@@H](c4noc(C)n4)O[C@@H]3C2)c(C)[nH]1. The van der Waals surface area contributed by atoms with Crippen LogP contribution in [-0.4, -0.2) is 45.1 Å². The molecule has 3 atom stereocenters. The lowest BCUT2D eigenvalue weighted by Gasteiger charge is -2.18. The number of aromatic amines is 1. The monoisotopic (exact) mass is 316 g/mol. The first-order valence-corrected chi connectivity index (χ1v) is 7.92. The maximum absolute atomic E-state index is 12.7. The topological polar surface area (TPSA) is 84.2 Å². The van der Waals surface area contributed by atoms with Gasteiger partial charge in [0.2, 0.25) is 11.7 Å². The molecule has 0 aromatic carbocycles. The van der Waals surface area contributed by atoms with Gasteiger partial charge in [-0.05, 0) is 26.3 Å². The van der Waals surface area contributed by atoms with Gasteiger partial charge in [0.15, 0.2) is 0 Å². The molecular formula is C16H20N4O3. The molecule has 0 radical (unpaired) electrons. The Kier molecular flexibility index (Phi) is 3.26. The minimum Gasteiger partial charge on any atom is -0.365 e. The summed E-state index contributed by atoms with van der Waals surface area (Å²) in [4.78, 5) is 22.0. The van der Waals surface area contributed by atoms with Gasteiger partial charge in [-0.3, -0.25) is 4.79 Å². The Morgan fingerprint density at radius 2 is 2.17 bits per heavy atom. The van der Waals surface area contributed by atoms with Crippen LogP contribution < -0.4 is 0 Å². The zero-order valence-electron chi connectivity index (χ0n) is 13.5. The minimum absolute atomic E-state index is 0.0584. The molecular weight excluding hydrogens is 296 g/mol. The number of nitrogens with one attached hydrogen (secondary N) is 1. The molecule has 1 N–H and O–H groups in total. The highest BCUT2D eigenvalue weighted by Gasteiger charge is 2.45. The van der Waals surface area contributed by atoms with Crippen molar-refractivity contribution in [2.45, 2.75) is 39.4 Å². The molecule has 122 valence electrons. The number of hydrogen-bond acceptors (Lipinski definition) is 5. The Morgan fingerprint density at radius 1 is 1.35 bits per heavy atom. The molecule has 2 fully saturated rings. The summed E-state index contributed by atoms with van der Waals surface area (Å²) in [5.74, 6) is 1.59. The number of ether oxygens (including phenoxy) is 1. The number of fused-ring (bicyclic) bond motifs is 1. The summed E-state index contributed by atoms with van der Waals surface area (Å²) < 4.78 is 11.1. The Labute approximate surface area is 134 Å².